The maximum absolute atomic E-state index is 10.8. The van der Waals surface area contributed by atoms with Crippen molar-refractivity contribution in [2.75, 3.05) is 0 Å². The van der Waals surface area contributed by atoms with Crippen LogP contribution in [-0.2, 0) is 0 Å². The first-order chi connectivity index (χ1) is 4.84. The molecule has 0 aliphatic carbocycles. The molecule has 0 atom stereocenters. The normalized spacial score (nSPS) is 9.30. The summed E-state index contributed by atoms with van der Waals surface area (Å²) < 4.78 is 0. The largest absolute Gasteiger partial charge is 0.280 e. The molecule has 52 valence electrons. The average molecular weight is 154 g/mol. The van der Waals surface area contributed by atoms with Gasteiger partial charge in [-0.05, 0) is 24.1 Å². The van der Waals surface area contributed by atoms with E-state index < -0.39 is 0 Å². The molecule has 0 fully saturated rings. The molecule has 1 heterocycles. The summed E-state index contributed by atoms with van der Waals surface area (Å²) in [5.74, 6) is 0. The Labute approximate surface area is 62.8 Å². The van der Waals surface area contributed by atoms with Crippen molar-refractivity contribution < 1.29 is 4.79 Å². The number of carbonyl (C=O) groups is 1. The third-order valence-corrected chi connectivity index (χ3v) is 1.47. The molecular formula is C6H6N2OS. The number of rotatable bonds is 1. The minimum absolute atomic E-state index is 0.137. The number of carbonyl (C=O) groups excluding carboxylic acids is 1. The minimum Gasteiger partial charge on any atom is -0.280 e. The van der Waals surface area contributed by atoms with Gasteiger partial charge < -0.3 is 0 Å². The summed E-state index contributed by atoms with van der Waals surface area (Å²) in [6.45, 7) is 0. The van der Waals surface area contributed by atoms with E-state index in [9.17, 15) is 4.79 Å². The first-order valence-electron chi connectivity index (χ1n) is 2.65. The lowest BCUT2D eigenvalue weighted by Crippen LogP contribution is -1.96. The molecule has 0 unspecified atom stereocenters. The number of pyridine rings is 1. The molecule has 0 aromatic carbocycles. The van der Waals surface area contributed by atoms with Gasteiger partial charge in [0.1, 0.15) is 0 Å². The van der Waals surface area contributed by atoms with Crippen molar-refractivity contribution in [3.05, 3.63) is 30.1 Å². The quantitative estimate of drug-likeness (QED) is 0.609. The second-order valence-corrected chi connectivity index (χ2v) is 2.25. The van der Waals surface area contributed by atoms with Crippen LogP contribution in [0.15, 0.2) is 24.5 Å². The summed E-state index contributed by atoms with van der Waals surface area (Å²) >= 11 is 0.711. The van der Waals surface area contributed by atoms with Crippen LogP contribution >= 0.6 is 11.9 Å². The zero-order chi connectivity index (χ0) is 7.40. The van der Waals surface area contributed by atoms with Gasteiger partial charge in [0.2, 0.25) is 5.12 Å². The first-order valence-corrected chi connectivity index (χ1v) is 3.53. The molecule has 0 radical (unpaired) electrons. The van der Waals surface area contributed by atoms with Gasteiger partial charge in [-0.15, -0.1) is 0 Å². The van der Waals surface area contributed by atoms with E-state index in [0.29, 0.717) is 17.5 Å². The van der Waals surface area contributed by atoms with Crippen LogP contribution in [-0.4, -0.2) is 10.1 Å². The van der Waals surface area contributed by atoms with Crippen molar-refractivity contribution in [3.63, 3.8) is 0 Å². The zero-order valence-corrected chi connectivity index (χ0v) is 5.97. The molecule has 10 heavy (non-hydrogen) atoms. The van der Waals surface area contributed by atoms with Crippen LogP contribution in [0.25, 0.3) is 0 Å². The second kappa shape index (κ2) is 3.34. The van der Waals surface area contributed by atoms with Gasteiger partial charge in [0.25, 0.3) is 0 Å². The number of hydrogen-bond acceptors (Lipinski definition) is 4. The summed E-state index contributed by atoms with van der Waals surface area (Å²) in [5.41, 5.74) is 0.586. The summed E-state index contributed by atoms with van der Waals surface area (Å²) in [7, 11) is 0. The smallest absolute Gasteiger partial charge is 0.234 e. The van der Waals surface area contributed by atoms with Crippen LogP contribution < -0.4 is 5.14 Å². The average Bonchev–Trinajstić information content (AvgIpc) is 2.05. The summed E-state index contributed by atoms with van der Waals surface area (Å²) in [4.78, 5) is 14.6. The van der Waals surface area contributed by atoms with E-state index in [4.69, 9.17) is 5.14 Å². The van der Waals surface area contributed by atoms with Crippen LogP contribution in [0.4, 0.5) is 0 Å². The Balaban J connectivity index is 2.85. The molecule has 1 aromatic rings. The van der Waals surface area contributed by atoms with Gasteiger partial charge in [0.15, 0.2) is 0 Å². The first kappa shape index (κ1) is 7.24. The van der Waals surface area contributed by atoms with Crippen LogP contribution in [0.3, 0.4) is 0 Å². The van der Waals surface area contributed by atoms with Gasteiger partial charge in [0, 0.05) is 18.0 Å². The van der Waals surface area contributed by atoms with Crippen LogP contribution in [0.2, 0.25) is 0 Å². The lowest BCUT2D eigenvalue weighted by molar-refractivity contribution is 0.108. The Kier molecular flexibility index (Phi) is 2.42. The third kappa shape index (κ3) is 1.55. The number of aromatic nitrogens is 1. The molecule has 0 aliphatic heterocycles. The van der Waals surface area contributed by atoms with Gasteiger partial charge in [-0.25, -0.2) is 0 Å². The van der Waals surface area contributed by atoms with Crippen molar-refractivity contribution in [2.24, 2.45) is 5.14 Å². The maximum Gasteiger partial charge on any atom is 0.234 e. The van der Waals surface area contributed by atoms with E-state index in [1.54, 1.807) is 24.5 Å². The molecule has 3 nitrogen and oxygen atoms in total. The van der Waals surface area contributed by atoms with E-state index in [2.05, 4.69) is 4.98 Å². The monoisotopic (exact) mass is 154 g/mol. The highest BCUT2D eigenvalue weighted by atomic mass is 32.2. The molecule has 0 amide bonds. The van der Waals surface area contributed by atoms with Gasteiger partial charge >= 0.3 is 0 Å². The maximum atomic E-state index is 10.8. The summed E-state index contributed by atoms with van der Waals surface area (Å²) in [6, 6.07) is 3.25. The zero-order valence-electron chi connectivity index (χ0n) is 5.15. The number of nitrogens with two attached hydrogens (primary N) is 1. The van der Waals surface area contributed by atoms with E-state index >= 15 is 0 Å². The lowest BCUT2D eigenvalue weighted by Gasteiger charge is -1.92. The number of nitrogens with zero attached hydrogens (tertiary/aromatic N) is 1. The highest BCUT2D eigenvalue weighted by Gasteiger charge is 2.00. The highest BCUT2D eigenvalue weighted by Crippen LogP contribution is 2.03. The van der Waals surface area contributed by atoms with E-state index in [1.165, 1.54) is 0 Å². The fourth-order valence-corrected chi connectivity index (χ4v) is 0.828. The summed E-state index contributed by atoms with van der Waals surface area (Å²) in [6.07, 6.45) is 3.12. The van der Waals surface area contributed by atoms with E-state index in [-0.39, 0.29) is 5.12 Å². The fraction of sp³-hybridized carbons (Fsp3) is 0. The van der Waals surface area contributed by atoms with Crippen molar-refractivity contribution in [2.45, 2.75) is 0 Å². The third-order valence-electron chi connectivity index (χ3n) is 1.02. The Hall–Kier alpha value is -0.870. The topological polar surface area (TPSA) is 56.0 Å². The van der Waals surface area contributed by atoms with E-state index in [0.717, 1.165) is 0 Å². The van der Waals surface area contributed by atoms with Crippen molar-refractivity contribution >= 4 is 17.1 Å². The molecule has 2 N–H and O–H groups in total. The fourth-order valence-electron chi connectivity index (χ4n) is 0.556. The molecule has 0 bridgehead atoms. The molecular weight excluding hydrogens is 148 g/mol. The lowest BCUT2D eigenvalue weighted by atomic mass is 10.3. The Bertz CT molecular complexity index is 224. The van der Waals surface area contributed by atoms with Crippen LogP contribution in [0, 0.1) is 0 Å². The van der Waals surface area contributed by atoms with Gasteiger partial charge in [0.05, 0.1) is 0 Å². The molecule has 1 rings (SSSR count). The predicted octanol–water partition coefficient (Wildman–Crippen LogP) is 0.829. The Morgan fingerprint density at radius 2 is 2.10 bits per heavy atom. The Morgan fingerprint density at radius 3 is 2.60 bits per heavy atom. The highest BCUT2D eigenvalue weighted by molar-refractivity contribution is 8.12. The van der Waals surface area contributed by atoms with E-state index in [1.807, 2.05) is 0 Å². The standard InChI is InChI=1S/C6H6N2OS/c7-10-6(9)5-1-3-8-4-2-5/h1-4H,7H2. The van der Waals surface area contributed by atoms with Gasteiger partial charge in [-0.3, -0.25) is 14.9 Å². The SMILES string of the molecule is NSC(=O)c1ccncc1. The van der Waals surface area contributed by atoms with Crippen LogP contribution in [0.1, 0.15) is 10.4 Å². The van der Waals surface area contributed by atoms with Crippen LogP contribution in [0.5, 0.6) is 0 Å². The molecule has 4 heteroatoms. The molecule has 0 saturated heterocycles. The van der Waals surface area contributed by atoms with Gasteiger partial charge in [-0.1, -0.05) is 0 Å². The van der Waals surface area contributed by atoms with Gasteiger partial charge in [-0.2, -0.15) is 0 Å². The number of hydrogen-bond donors (Lipinski definition) is 1. The Morgan fingerprint density at radius 1 is 1.50 bits per heavy atom. The van der Waals surface area contributed by atoms with Crippen molar-refractivity contribution in [3.8, 4) is 0 Å². The van der Waals surface area contributed by atoms with Crippen molar-refractivity contribution in [1.29, 1.82) is 0 Å². The molecule has 0 aliphatic rings. The summed E-state index contributed by atoms with van der Waals surface area (Å²) in [5, 5.41) is 4.91. The van der Waals surface area contributed by atoms with Crippen molar-refractivity contribution in [1.82, 2.24) is 4.98 Å². The second-order valence-electron chi connectivity index (χ2n) is 1.64. The molecule has 0 saturated carbocycles. The predicted molar refractivity (Wildman–Crippen MR) is 40.3 cm³/mol. The minimum atomic E-state index is -0.137. The molecule has 0 spiro atoms. The molecule has 1 aromatic heterocycles.